The summed E-state index contributed by atoms with van der Waals surface area (Å²) in [5.41, 5.74) is 7.31. The molecule has 0 aromatic heterocycles. The molecule has 1 aliphatic rings. The first-order chi connectivity index (χ1) is 9.16. The standard InChI is InChI=1S/C16H24BrNO/c1-12(18)16(13-8-10-14(17)11-9-13)19-15-6-4-2-3-5-7-15/h8-12,15-16H,2-7,18H2,1H3. The Morgan fingerprint density at radius 1 is 1.11 bits per heavy atom. The summed E-state index contributed by atoms with van der Waals surface area (Å²) < 4.78 is 7.41. The van der Waals surface area contributed by atoms with Crippen molar-refractivity contribution in [3.05, 3.63) is 34.3 Å². The summed E-state index contributed by atoms with van der Waals surface area (Å²) in [5.74, 6) is 0. The first-order valence-corrected chi connectivity index (χ1v) is 8.12. The van der Waals surface area contributed by atoms with Crippen LogP contribution in [0.3, 0.4) is 0 Å². The van der Waals surface area contributed by atoms with Gasteiger partial charge in [0.25, 0.3) is 0 Å². The Bertz CT molecular complexity index is 369. The van der Waals surface area contributed by atoms with Crippen molar-refractivity contribution in [1.29, 1.82) is 0 Å². The Balaban J connectivity index is 2.04. The minimum atomic E-state index is 0.0104. The molecule has 0 heterocycles. The highest BCUT2D eigenvalue weighted by Gasteiger charge is 2.22. The summed E-state index contributed by atoms with van der Waals surface area (Å²) >= 11 is 3.47. The van der Waals surface area contributed by atoms with Crippen LogP contribution in [0.2, 0.25) is 0 Å². The highest BCUT2D eigenvalue weighted by Crippen LogP contribution is 2.28. The average molecular weight is 326 g/mol. The molecule has 0 amide bonds. The maximum atomic E-state index is 6.32. The van der Waals surface area contributed by atoms with Crippen LogP contribution in [0.15, 0.2) is 28.7 Å². The van der Waals surface area contributed by atoms with Crippen molar-refractivity contribution < 1.29 is 4.74 Å². The molecule has 0 saturated heterocycles. The lowest BCUT2D eigenvalue weighted by molar-refractivity contribution is -0.0309. The molecule has 2 atom stereocenters. The van der Waals surface area contributed by atoms with E-state index < -0.39 is 0 Å². The van der Waals surface area contributed by atoms with E-state index in [1.165, 1.54) is 44.1 Å². The van der Waals surface area contributed by atoms with Crippen molar-refractivity contribution in [2.45, 2.75) is 63.7 Å². The van der Waals surface area contributed by atoms with Gasteiger partial charge < -0.3 is 10.5 Å². The molecule has 2 N–H and O–H groups in total. The van der Waals surface area contributed by atoms with Crippen LogP contribution in [0, 0.1) is 0 Å². The van der Waals surface area contributed by atoms with Gasteiger partial charge in [0.05, 0.1) is 12.2 Å². The molecule has 0 spiro atoms. The van der Waals surface area contributed by atoms with Gasteiger partial charge in [-0.3, -0.25) is 0 Å². The molecule has 1 aliphatic carbocycles. The quantitative estimate of drug-likeness (QED) is 0.822. The smallest absolute Gasteiger partial charge is 0.0976 e. The Morgan fingerprint density at radius 3 is 2.21 bits per heavy atom. The monoisotopic (exact) mass is 325 g/mol. The maximum absolute atomic E-state index is 6.32. The number of hydrogen-bond acceptors (Lipinski definition) is 2. The van der Waals surface area contributed by atoms with E-state index in [-0.39, 0.29) is 12.1 Å². The van der Waals surface area contributed by atoms with Crippen LogP contribution in [0.1, 0.15) is 57.1 Å². The third-order valence-electron chi connectivity index (χ3n) is 3.82. The number of halogens is 1. The molecule has 0 radical (unpaired) electrons. The molecular weight excluding hydrogens is 302 g/mol. The fourth-order valence-corrected chi connectivity index (χ4v) is 3.01. The van der Waals surface area contributed by atoms with Crippen LogP contribution in [0.25, 0.3) is 0 Å². The van der Waals surface area contributed by atoms with Gasteiger partial charge in [0.15, 0.2) is 0 Å². The van der Waals surface area contributed by atoms with Crippen molar-refractivity contribution in [2.75, 3.05) is 0 Å². The fraction of sp³-hybridized carbons (Fsp3) is 0.625. The van der Waals surface area contributed by atoms with Gasteiger partial charge in [-0.1, -0.05) is 53.7 Å². The highest BCUT2D eigenvalue weighted by atomic mass is 79.9. The summed E-state index contributed by atoms with van der Waals surface area (Å²) in [6.45, 7) is 2.03. The van der Waals surface area contributed by atoms with Crippen molar-refractivity contribution >= 4 is 15.9 Å². The van der Waals surface area contributed by atoms with Crippen LogP contribution < -0.4 is 5.73 Å². The van der Waals surface area contributed by atoms with Crippen LogP contribution in [0.5, 0.6) is 0 Å². The van der Waals surface area contributed by atoms with Crippen molar-refractivity contribution in [2.24, 2.45) is 5.73 Å². The van der Waals surface area contributed by atoms with Gasteiger partial charge in [0, 0.05) is 10.5 Å². The number of nitrogens with two attached hydrogens (primary N) is 1. The summed E-state index contributed by atoms with van der Waals surface area (Å²) in [5, 5.41) is 0. The van der Waals surface area contributed by atoms with E-state index in [0.29, 0.717) is 6.10 Å². The Labute approximate surface area is 124 Å². The van der Waals surface area contributed by atoms with Crippen LogP contribution in [0.4, 0.5) is 0 Å². The van der Waals surface area contributed by atoms with Crippen LogP contribution in [-0.2, 0) is 4.74 Å². The molecule has 2 rings (SSSR count). The van der Waals surface area contributed by atoms with Crippen LogP contribution >= 0.6 is 15.9 Å². The second-order valence-electron chi connectivity index (χ2n) is 5.58. The second-order valence-corrected chi connectivity index (χ2v) is 6.50. The summed E-state index contributed by atoms with van der Waals surface area (Å²) in [6, 6.07) is 8.34. The molecule has 0 bridgehead atoms. The van der Waals surface area contributed by atoms with Gasteiger partial charge in [-0.2, -0.15) is 0 Å². The SMILES string of the molecule is CC(N)C(OC1CCCCCC1)c1ccc(Br)cc1. The lowest BCUT2D eigenvalue weighted by Gasteiger charge is -2.27. The lowest BCUT2D eigenvalue weighted by atomic mass is 10.0. The molecule has 2 nitrogen and oxygen atoms in total. The molecule has 0 aliphatic heterocycles. The summed E-state index contributed by atoms with van der Waals surface area (Å²) in [7, 11) is 0. The van der Waals surface area contributed by atoms with Crippen LogP contribution in [-0.4, -0.2) is 12.1 Å². The zero-order valence-corrected chi connectivity index (χ0v) is 13.2. The van der Waals surface area contributed by atoms with Gasteiger partial charge in [-0.15, -0.1) is 0 Å². The van der Waals surface area contributed by atoms with Gasteiger partial charge in [0.2, 0.25) is 0 Å². The molecule has 1 aromatic carbocycles. The molecule has 1 fully saturated rings. The van der Waals surface area contributed by atoms with E-state index in [9.17, 15) is 0 Å². The molecule has 19 heavy (non-hydrogen) atoms. The molecular formula is C16H24BrNO. The summed E-state index contributed by atoms with van der Waals surface area (Å²) in [6.07, 6.45) is 8.02. The number of rotatable bonds is 4. The van der Waals surface area contributed by atoms with E-state index >= 15 is 0 Å². The number of hydrogen-bond donors (Lipinski definition) is 1. The topological polar surface area (TPSA) is 35.2 Å². The third kappa shape index (κ3) is 4.59. The van der Waals surface area contributed by atoms with Gasteiger partial charge in [0.1, 0.15) is 0 Å². The van der Waals surface area contributed by atoms with E-state index in [0.717, 1.165) is 4.47 Å². The van der Waals surface area contributed by atoms with Gasteiger partial charge in [-0.25, -0.2) is 0 Å². The van der Waals surface area contributed by atoms with E-state index in [1.807, 2.05) is 6.92 Å². The van der Waals surface area contributed by atoms with E-state index in [2.05, 4.69) is 40.2 Å². The normalized spacial score (nSPS) is 20.8. The Hall–Kier alpha value is -0.380. The second kappa shape index (κ2) is 7.41. The number of ether oxygens (including phenoxy) is 1. The minimum Gasteiger partial charge on any atom is -0.369 e. The molecule has 1 saturated carbocycles. The van der Waals surface area contributed by atoms with E-state index in [4.69, 9.17) is 10.5 Å². The largest absolute Gasteiger partial charge is 0.369 e. The highest BCUT2D eigenvalue weighted by molar-refractivity contribution is 9.10. The minimum absolute atomic E-state index is 0.0104. The Morgan fingerprint density at radius 2 is 1.68 bits per heavy atom. The Kier molecular flexibility index (Phi) is 5.86. The zero-order chi connectivity index (χ0) is 13.7. The van der Waals surface area contributed by atoms with Crippen molar-refractivity contribution in [1.82, 2.24) is 0 Å². The molecule has 106 valence electrons. The first kappa shape index (κ1) is 15.0. The summed E-state index contributed by atoms with van der Waals surface area (Å²) in [4.78, 5) is 0. The first-order valence-electron chi connectivity index (χ1n) is 7.33. The predicted molar refractivity (Wildman–Crippen MR) is 83.1 cm³/mol. The maximum Gasteiger partial charge on any atom is 0.0976 e. The molecule has 2 unspecified atom stereocenters. The van der Waals surface area contributed by atoms with Crippen molar-refractivity contribution in [3.63, 3.8) is 0 Å². The lowest BCUT2D eigenvalue weighted by Crippen LogP contribution is -2.30. The predicted octanol–water partition coefficient (Wildman–Crippen LogP) is 4.58. The van der Waals surface area contributed by atoms with Gasteiger partial charge >= 0.3 is 0 Å². The third-order valence-corrected chi connectivity index (χ3v) is 4.35. The van der Waals surface area contributed by atoms with Crippen molar-refractivity contribution in [3.8, 4) is 0 Å². The molecule has 3 heteroatoms. The molecule has 1 aromatic rings. The zero-order valence-electron chi connectivity index (χ0n) is 11.6. The van der Waals surface area contributed by atoms with Gasteiger partial charge in [-0.05, 0) is 37.5 Å². The van der Waals surface area contributed by atoms with E-state index in [1.54, 1.807) is 0 Å². The average Bonchev–Trinajstić information content (AvgIpc) is 2.65. The number of benzene rings is 1. The fourth-order valence-electron chi connectivity index (χ4n) is 2.74.